The third-order valence-corrected chi connectivity index (χ3v) is 4.40. The number of nitrogens with zero attached hydrogens (tertiary/aromatic N) is 1. The minimum Gasteiger partial charge on any atom is -0.508 e. The van der Waals surface area contributed by atoms with E-state index in [1.165, 1.54) is 30.7 Å². The first-order valence-corrected chi connectivity index (χ1v) is 7.91. The van der Waals surface area contributed by atoms with E-state index >= 15 is 0 Å². The molecule has 0 atom stereocenters. The molecule has 122 valence electrons. The highest BCUT2D eigenvalue weighted by Gasteiger charge is 2.15. The van der Waals surface area contributed by atoms with Gasteiger partial charge in [-0.1, -0.05) is 12.1 Å². The summed E-state index contributed by atoms with van der Waals surface area (Å²) in [4.78, 5) is 2.07. The fraction of sp³-hybridized carbons (Fsp3) is 0.368. The summed E-state index contributed by atoms with van der Waals surface area (Å²) in [7, 11) is 3.43. The van der Waals surface area contributed by atoms with Crippen LogP contribution in [0.4, 0.5) is 4.39 Å². The van der Waals surface area contributed by atoms with E-state index < -0.39 is 0 Å². The van der Waals surface area contributed by atoms with Crippen molar-refractivity contribution >= 4 is 0 Å². The van der Waals surface area contributed by atoms with E-state index in [-0.39, 0.29) is 11.6 Å². The molecule has 3 nitrogen and oxygen atoms in total. The molecular weight excluding hydrogens is 293 g/mol. The number of phenolic OH excluding ortho intramolecular Hbond substituents is 1. The van der Waals surface area contributed by atoms with Gasteiger partial charge in [0, 0.05) is 18.7 Å². The number of hydrogen-bond acceptors (Lipinski definition) is 3. The van der Waals surface area contributed by atoms with Gasteiger partial charge < -0.3 is 9.84 Å². The van der Waals surface area contributed by atoms with E-state index in [9.17, 15) is 9.50 Å². The molecule has 0 heterocycles. The standard InChI is InChI=1S/C19H22FNO2/c1-21(11-13-6-7-19(23-2)17(20)8-13)12-16-9-14-4-3-5-15(14)10-18(16)22/h6-10,22H,3-5,11-12H2,1-2H3. The van der Waals surface area contributed by atoms with Crippen LogP contribution in [0.5, 0.6) is 11.5 Å². The van der Waals surface area contributed by atoms with Crippen LogP contribution in [0.15, 0.2) is 30.3 Å². The maximum atomic E-state index is 13.8. The van der Waals surface area contributed by atoms with Crippen molar-refractivity contribution in [2.24, 2.45) is 0 Å². The summed E-state index contributed by atoms with van der Waals surface area (Å²) in [5.74, 6) is 0.268. The zero-order valence-corrected chi connectivity index (χ0v) is 13.6. The van der Waals surface area contributed by atoms with E-state index in [1.54, 1.807) is 6.07 Å². The van der Waals surface area contributed by atoms with Crippen molar-refractivity contribution in [1.29, 1.82) is 0 Å². The van der Waals surface area contributed by atoms with E-state index in [1.807, 2.05) is 19.2 Å². The number of fused-ring (bicyclic) bond motifs is 1. The van der Waals surface area contributed by atoms with Gasteiger partial charge in [-0.3, -0.25) is 4.90 Å². The van der Waals surface area contributed by atoms with Gasteiger partial charge >= 0.3 is 0 Å². The van der Waals surface area contributed by atoms with Crippen molar-refractivity contribution in [2.75, 3.05) is 14.2 Å². The van der Waals surface area contributed by atoms with Gasteiger partial charge in [0.05, 0.1) is 7.11 Å². The zero-order valence-electron chi connectivity index (χ0n) is 13.6. The van der Waals surface area contributed by atoms with Crippen molar-refractivity contribution in [3.63, 3.8) is 0 Å². The van der Waals surface area contributed by atoms with Gasteiger partial charge in [0.1, 0.15) is 5.75 Å². The Kier molecular flexibility index (Phi) is 4.53. The average molecular weight is 315 g/mol. The predicted molar refractivity (Wildman–Crippen MR) is 88.3 cm³/mol. The molecule has 1 aliphatic carbocycles. The lowest BCUT2D eigenvalue weighted by atomic mass is 10.0. The number of ether oxygens (including phenoxy) is 1. The number of phenols is 1. The Morgan fingerprint density at radius 2 is 1.87 bits per heavy atom. The monoisotopic (exact) mass is 315 g/mol. The molecule has 0 aromatic heterocycles. The first kappa shape index (κ1) is 15.8. The first-order valence-electron chi connectivity index (χ1n) is 7.91. The summed E-state index contributed by atoms with van der Waals surface area (Å²) >= 11 is 0. The molecule has 0 saturated heterocycles. The van der Waals surface area contributed by atoms with Crippen molar-refractivity contribution in [2.45, 2.75) is 32.4 Å². The normalized spacial score (nSPS) is 13.4. The molecule has 3 rings (SSSR count). The molecule has 1 N–H and O–H groups in total. The Labute approximate surface area is 136 Å². The highest BCUT2D eigenvalue weighted by Crippen LogP contribution is 2.30. The molecule has 4 heteroatoms. The number of hydrogen-bond donors (Lipinski definition) is 1. The average Bonchev–Trinajstić information content (AvgIpc) is 2.94. The van der Waals surface area contributed by atoms with E-state index in [2.05, 4.69) is 11.0 Å². The van der Waals surface area contributed by atoms with Crippen LogP contribution in [0, 0.1) is 5.82 Å². The molecule has 0 amide bonds. The van der Waals surface area contributed by atoms with Crippen LogP contribution in [-0.4, -0.2) is 24.2 Å². The van der Waals surface area contributed by atoms with Crippen molar-refractivity contribution in [3.8, 4) is 11.5 Å². The van der Waals surface area contributed by atoms with Crippen LogP contribution in [-0.2, 0) is 25.9 Å². The topological polar surface area (TPSA) is 32.7 Å². The Hall–Kier alpha value is -2.07. The summed E-state index contributed by atoms with van der Waals surface area (Å²) < 4.78 is 18.7. The molecule has 0 saturated carbocycles. The van der Waals surface area contributed by atoms with Crippen LogP contribution >= 0.6 is 0 Å². The third kappa shape index (κ3) is 3.48. The van der Waals surface area contributed by atoms with Gasteiger partial charge in [-0.2, -0.15) is 0 Å². The molecule has 0 bridgehead atoms. The summed E-state index contributed by atoms with van der Waals surface area (Å²) in [6, 6.07) is 9.02. The maximum absolute atomic E-state index is 13.8. The molecule has 1 aliphatic rings. The van der Waals surface area contributed by atoms with Crippen LogP contribution in [0.25, 0.3) is 0 Å². The van der Waals surface area contributed by atoms with E-state index in [4.69, 9.17) is 4.74 Å². The van der Waals surface area contributed by atoms with Crippen LogP contribution in [0.2, 0.25) is 0 Å². The van der Waals surface area contributed by atoms with Gasteiger partial charge in [0.15, 0.2) is 11.6 Å². The Balaban J connectivity index is 1.70. The summed E-state index contributed by atoms with van der Waals surface area (Å²) in [5.41, 5.74) is 4.43. The largest absolute Gasteiger partial charge is 0.508 e. The van der Waals surface area contributed by atoms with Crippen LogP contribution in [0.3, 0.4) is 0 Å². The molecular formula is C19H22FNO2. The fourth-order valence-corrected chi connectivity index (χ4v) is 3.26. The second-order valence-corrected chi connectivity index (χ2v) is 6.24. The minimum absolute atomic E-state index is 0.257. The Bertz CT molecular complexity index is 715. The number of aryl methyl sites for hydroxylation is 2. The SMILES string of the molecule is COc1ccc(CN(C)Cc2cc3c(cc2O)CCC3)cc1F. The van der Waals surface area contributed by atoms with E-state index in [0.29, 0.717) is 18.8 Å². The fourth-order valence-electron chi connectivity index (χ4n) is 3.26. The zero-order chi connectivity index (χ0) is 16.4. The lowest BCUT2D eigenvalue weighted by Crippen LogP contribution is -2.17. The second-order valence-electron chi connectivity index (χ2n) is 6.24. The summed E-state index contributed by atoms with van der Waals surface area (Å²) in [6.45, 7) is 1.24. The number of halogens is 1. The lowest BCUT2D eigenvalue weighted by molar-refractivity contribution is 0.311. The Morgan fingerprint density at radius 1 is 1.13 bits per heavy atom. The molecule has 2 aromatic carbocycles. The first-order chi connectivity index (χ1) is 11.1. The molecule has 0 radical (unpaired) electrons. The highest BCUT2D eigenvalue weighted by atomic mass is 19.1. The number of rotatable bonds is 5. The van der Waals surface area contributed by atoms with Gasteiger partial charge in [0.2, 0.25) is 0 Å². The molecule has 23 heavy (non-hydrogen) atoms. The van der Waals surface area contributed by atoms with Gasteiger partial charge in [0.25, 0.3) is 0 Å². The molecule has 0 fully saturated rings. The van der Waals surface area contributed by atoms with Gasteiger partial charge in [-0.25, -0.2) is 4.39 Å². The van der Waals surface area contributed by atoms with Crippen LogP contribution in [0.1, 0.15) is 28.7 Å². The molecule has 0 aliphatic heterocycles. The van der Waals surface area contributed by atoms with Crippen LogP contribution < -0.4 is 4.74 Å². The molecule has 0 unspecified atom stereocenters. The van der Waals surface area contributed by atoms with Gasteiger partial charge in [-0.05, 0) is 61.2 Å². The minimum atomic E-state index is -0.348. The number of benzene rings is 2. The van der Waals surface area contributed by atoms with Crippen molar-refractivity contribution < 1.29 is 14.2 Å². The van der Waals surface area contributed by atoms with Crippen molar-refractivity contribution in [3.05, 3.63) is 58.4 Å². The summed E-state index contributed by atoms with van der Waals surface area (Å²) in [5, 5.41) is 10.2. The third-order valence-electron chi connectivity index (χ3n) is 4.40. The lowest BCUT2D eigenvalue weighted by Gasteiger charge is -2.19. The predicted octanol–water partition coefficient (Wildman–Crippen LogP) is 3.66. The smallest absolute Gasteiger partial charge is 0.165 e. The highest BCUT2D eigenvalue weighted by molar-refractivity contribution is 5.44. The maximum Gasteiger partial charge on any atom is 0.165 e. The number of aromatic hydroxyl groups is 1. The molecule has 0 spiro atoms. The quantitative estimate of drug-likeness (QED) is 0.914. The van der Waals surface area contributed by atoms with Crippen molar-refractivity contribution in [1.82, 2.24) is 4.90 Å². The second kappa shape index (κ2) is 6.59. The summed E-state index contributed by atoms with van der Waals surface area (Å²) in [6.07, 6.45) is 3.32. The number of methoxy groups -OCH3 is 1. The van der Waals surface area contributed by atoms with Gasteiger partial charge in [-0.15, -0.1) is 0 Å². The van der Waals surface area contributed by atoms with E-state index in [0.717, 1.165) is 24.0 Å². The molecule has 2 aromatic rings. The Morgan fingerprint density at radius 3 is 2.57 bits per heavy atom.